The van der Waals surface area contributed by atoms with Crippen LogP contribution in [0.2, 0.25) is 0 Å². The fourth-order valence-electron chi connectivity index (χ4n) is 2.84. The number of aliphatic imine (C=N–C) groups is 1. The minimum Gasteiger partial charge on any atom is -0.463 e. The van der Waals surface area contributed by atoms with Crippen molar-refractivity contribution in [3.8, 4) is 0 Å². The van der Waals surface area contributed by atoms with Crippen molar-refractivity contribution in [3.63, 3.8) is 0 Å². The first kappa shape index (κ1) is 17.5. The largest absolute Gasteiger partial charge is 0.463 e. The Kier molecular flexibility index (Phi) is 4.79. The summed E-state index contributed by atoms with van der Waals surface area (Å²) in [5.41, 5.74) is 4.57. The molecule has 0 bridgehead atoms. The Labute approximate surface area is 139 Å². The zero-order chi connectivity index (χ0) is 17.3. The summed E-state index contributed by atoms with van der Waals surface area (Å²) in [6, 6.07) is 6.28. The van der Waals surface area contributed by atoms with Crippen LogP contribution in [0.3, 0.4) is 0 Å². The number of ether oxygens (including phenoxy) is 1. The van der Waals surface area contributed by atoms with E-state index in [-0.39, 0.29) is 16.9 Å². The lowest BCUT2D eigenvalue weighted by molar-refractivity contribution is -0.137. The monoisotopic (exact) mass is 313 g/mol. The average molecular weight is 313 g/mol. The molecule has 0 fully saturated rings. The Morgan fingerprint density at radius 2 is 2.09 bits per heavy atom. The highest BCUT2D eigenvalue weighted by atomic mass is 16.5. The topological polar surface area (TPSA) is 38.7 Å². The van der Waals surface area contributed by atoms with E-state index in [2.05, 4.69) is 46.8 Å². The van der Waals surface area contributed by atoms with E-state index in [9.17, 15) is 4.79 Å². The molecular formula is C20H27NO2. The minimum atomic E-state index is -0.303. The Morgan fingerprint density at radius 1 is 1.39 bits per heavy atom. The van der Waals surface area contributed by atoms with Gasteiger partial charge >= 0.3 is 5.97 Å². The van der Waals surface area contributed by atoms with Crippen LogP contribution in [0, 0.1) is 5.41 Å². The SMILES string of the molecule is CCOC(=O)/C=C/c1ccc2c(c1)CC(C)(C(C)(C)C)N=C2C. The van der Waals surface area contributed by atoms with E-state index in [0.717, 1.165) is 17.7 Å². The van der Waals surface area contributed by atoms with Crippen molar-refractivity contribution in [1.29, 1.82) is 0 Å². The quantitative estimate of drug-likeness (QED) is 0.611. The molecule has 1 heterocycles. The number of esters is 1. The molecule has 0 saturated carbocycles. The molecule has 1 unspecified atom stereocenters. The van der Waals surface area contributed by atoms with Gasteiger partial charge in [-0.25, -0.2) is 4.79 Å². The summed E-state index contributed by atoms with van der Waals surface area (Å²) in [5, 5.41) is 0. The number of nitrogens with zero attached hydrogens (tertiary/aromatic N) is 1. The molecule has 0 amide bonds. The Hall–Kier alpha value is -1.90. The molecule has 1 aliphatic rings. The summed E-state index contributed by atoms with van der Waals surface area (Å²) in [6.07, 6.45) is 4.20. The lowest BCUT2D eigenvalue weighted by Crippen LogP contribution is -2.43. The van der Waals surface area contributed by atoms with Gasteiger partial charge in [-0.2, -0.15) is 0 Å². The number of fused-ring (bicyclic) bond motifs is 1. The van der Waals surface area contributed by atoms with Crippen LogP contribution >= 0.6 is 0 Å². The second-order valence-electron chi connectivity index (χ2n) is 7.40. The molecule has 0 radical (unpaired) electrons. The second kappa shape index (κ2) is 6.31. The summed E-state index contributed by atoms with van der Waals surface area (Å²) in [4.78, 5) is 16.4. The number of hydrogen-bond acceptors (Lipinski definition) is 3. The van der Waals surface area contributed by atoms with Crippen LogP contribution in [0.5, 0.6) is 0 Å². The van der Waals surface area contributed by atoms with Gasteiger partial charge in [0.25, 0.3) is 0 Å². The summed E-state index contributed by atoms with van der Waals surface area (Å²) in [5.74, 6) is -0.303. The predicted molar refractivity (Wildman–Crippen MR) is 95.9 cm³/mol. The molecule has 0 aliphatic carbocycles. The van der Waals surface area contributed by atoms with Crippen LogP contribution in [-0.2, 0) is 16.0 Å². The smallest absolute Gasteiger partial charge is 0.330 e. The number of carbonyl (C=O) groups excluding carboxylic acids is 1. The van der Waals surface area contributed by atoms with Crippen LogP contribution < -0.4 is 0 Å². The van der Waals surface area contributed by atoms with Gasteiger partial charge < -0.3 is 4.74 Å². The third-order valence-electron chi connectivity index (χ3n) is 4.78. The summed E-state index contributed by atoms with van der Waals surface area (Å²) in [7, 11) is 0. The number of rotatable bonds is 3. The average Bonchev–Trinajstić information content (AvgIpc) is 2.43. The summed E-state index contributed by atoms with van der Waals surface area (Å²) >= 11 is 0. The van der Waals surface area contributed by atoms with E-state index in [1.54, 1.807) is 6.92 Å². The Balaban J connectivity index is 2.33. The molecule has 3 heteroatoms. The first-order valence-corrected chi connectivity index (χ1v) is 8.21. The number of hydrogen-bond donors (Lipinski definition) is 0. The van der Waals surface area contributed by atoms with Crippen molar-refractivity contribution in [3.05, 3.63) is 41.0 Å². The summed E-state index contributed by atoms with van der Waals surface area (Å²) in [6.45, 7) is 13.2. The first-order valence-electron chi connectivity index (χ1n) is 8.21. The van der Waals surface area contributed by atoms with Crippen molar-refractivity contribution < 1.29 is 9.53 Å². The molecule has 0 aromatic heterocycles. The van der Waals surface area contributed by atoms with Gasteiger partial charge in [-0.1, -0.05) is 39.0 Å². The minimum absolute atomic E-state index is 0.0860. The highest BCUT2D eigenvalue weighted by Gasteiger charge is 2.40. The van der Waals surface area contributed by atoms with E-state index in [1.165, 1.54) is 17.2 Å². The maximum absolute atomic E-state index is 11.5. The predicted octanol–water partition coefficient (Wildman–Crippen LogP) is 4.43. The van der Waals surface area contributed by atoms with Crippen molar-refractivity contribution in [1.82, 2.24) is 0 Å². The van der Waals surface area contributed by atoms with E-state index in [0.29, 0.717) is 6.61 Å². The van der Waals surface area contributed by atoms with Crippen molar-refractivity contribution in [2.75, 3.05) is 6.61 Å². The lowest BCUT2D eigenvalue weighted by Gasteiger charge is -2.42. The van der Waals surface area contributed by atoms with Gasteiger partial charge in [-0.05, 0) is 55.4 Å². The van der Waals surface area contributed by atoms with Gasteiger partial charge in [0, 0.05) is 11.8 Å². The molecule has 1 atom stereocenters. The zero-order valence-electron chi connectivity index (χ0n) is 15.1. The van der Waals surface area contributed by atoms with Crippen molar-refractivity contribution in [2.45, 2.75) is 53.5 Å². The molecule has 1 aromatic rings. The van der Waals surface area contributed by atoms with E-state index >= 15 is 0 Å². The third-order valence-corrected chi connectivity index (χ3v) is 4.78. The van der Waals surface area contributed by atoms with Gasteiger partial charge in [0.1, 0.15) is 0 Å². The standard InChI is InChI=1S/C20H27NO2/c1-7-23-18(22)11-9-15-8-10-17-14(2)21-20(6,19(3,4)5)13-16(17)12-15/h8-12H,7,13H2,1-6H3/b11-9+. The molecule has 124 valence electrons. The molecule has 3 nitrogen and oxygen atoms in total. The van der Waals surface area contributed by atoms with Gasteiger partial charge in [-0.15, -0.1) is 0 Å². The van der Waals surface area contributed by atoms with Crippen molar-refractivity contribution in [2.24, 2.45) is 10.4 Å². The fraction of sp³-hybridized carbons (Fsp3) is 0.500. The van der Waals surface area contributed by atoms with Gasteiger partial charge in [-0.3, -0.25) is 4.99 Å². The van der Waals surface area contributed by atoms with Crippen LogP contribution in [0.1, 0.15) is 58.2 Å². The highest BCUT2D eigenvalue weighted by molar-refractivity contribution is 6.01. The third kappa shape index (κ3) is 3.72. The first-order chi connectivity index (χ1) is 10.7. The van der Waals surface area contributed by atoms with Crippen LogP contribution in [0.25, 0.3) is 6.08 Å². The van der Waals surface area contributed by atoms with Crippen LogP contribution in [-0.4, -0.2) is 23.8 Å². The molecular weight excluding hydrogens is 286 g/mol. The maximum atomic E-state index is 11.5. The van der Waals surface area contributed by atoms with Crippen LogP contribution in [0.15, 0.2) is 29.3 Å². The highest BCUT2D eigenvalue weighted by Crippen LogP contribution is 2.40. The lowest BCUT2D eigenvalue weighted by atomic mass is 9.69. The molecule has 23 heavy (non-hydrogen) atoms. The molecule has 0 spiro atoms. The fourth-order valence-corrected chi connectivity index (χ4v) is 2.84. The molecule has 1 aliphatic heterocycles. The summed E-state index contributed by atoms with van der Waals surface area (Å²) < 4.78 is 4.93. The van der Waals surface area contributed by atoms with Gasteiger partial charge in [0.15, 0.2) is 0 Å². The Morgan fingerprint density at radius 3 is 2.70 bits per heavy atom. The van der Waals surface area contributed by atoms with Gasteiger partial charge in [0.2, 0.25) is 0 Å². The molecule has 0 saturated heterocycles. The second-order valence-corrected chi connectivity index (χ2v) is 7.40. The normalized spacial score (nSPS) is 21.0. The number of benzene rings is 1. The molecule has 1 aromatic carbocycles. The van der Waals surface area contributed by atoms with Gasteiger partial charge in [0.05, 0.1) is 12.1 Å². The molecule has 2 rings (SSSR count). The van der Waals surface area contributed by atoms with E-state index < -0.39 is 0 Å². The van der Waals surface area contributed by atoms with Crippen LogP contribution in [0.4, 0.5) is 0 Å². The maximum Gasteiger partial charge on any atom is 0.330 e. The molecule has 0 N–H and O–H groups in total. The van der Waals surface area contributed by atoms with E-state index in [4.69, 9.17) is 9.73 Å². The number of carbonyl (C=O) groups is 1. The van der Waals surface area contributed by atoms with Crippen molar-refractivity contribution >= 4 is 17.8 Å². The van der Waals surface area contributed by atoms with E-state index in [1.807, 2.05) is 12.1 Å². The zero-order valence-corrected chi connectivity index (χ0v) is 15.1. The Bertz CT molecular complexity index is 665.